The summed E-state index contributed by atoms with van der Waals surface area (Å²) in [6, 6.07) is 6.66. The first-order valence-electron chi connectivity index (χ1n) is 5.70. The maximum absolute atomic E-state index is 11.6. The lowest BCUT2D eigenvalue weighted by Crippen LogP contribution is -2.36. The van der Waals surface area contributed by atoms with Crippen molar-refractivity contribution in [2.75, 3.05) is 0 Å². The molecule has 0 radical (unpaired) electrons. The lowest BCUT2D eigenvalue weighted by Gasteiger charge is -2.07. The number of amides is 3. The van der Waals surface area contributed by atoms with E-state index in [4.69, 9.17) is 11.0 Å². The minimum atomic E-state index is -1.05. The number of aryl methyl sites for hydroxylation is 1. The molecule has 0 saturated heterocycles. The van der Waals surface area contributed by atoms with Crippen LogP contribution in [0.25, 0.3) is 10.9 Å². The second-order valence-corrected chi connectivity index (χ2v) is 4.03. The third kappa shape index (κ3) is 2.55. The molecule has 1 heterocycles. The van der Waals surface area contributed by atoms with Crippen LogP contribution in [0.15, 0.2) is 30.5 Å². The fourth-order valence-electron chi connectivity index (χ4n) is 1.92. The molecule has 0 unspecified atom stereocenters. The molecule has 0 fully saturated rings. The van der Waals surface area contributed by atoms with Crippen LogP contribution in [-0.2, 0) is 11.2 Å². The number of rotatable bonds is 3. The summed E-state index contributed by atoms with van der Waals surface area (Å²) in [5, 5.41) is 9.67. The number of H-pyrrole nitrogens is 1. The molecule has 0 atom stereocenters. The van der Waals surface area contributed by atoms with E-state index in [-0.39, 0.29) is 6.42 Å². The summed E-state index contributed by atoms with van der Waals surface area (Å²) in [6.45, 7) is 0. The number of carbonyl (C=O) groups is 2. The van der Waals surface area contributed by atoms with Crippen LogP contribution >= 0.6 is 0 Å². The first kappa shape index (κ1) is 12.6. The normalized spacial score (nSPS) is 10.1. The van der Waals surface area contributed by atoms with Gasteiger partial charge in [0, 0.05) is 23.5 Å². The van der Waals surface area contributed by atoms with Crippen molar-refractivity contribution in [1.82, 2.24) is 9.88 Å². The molecule has 6 heteroatoms. The van der Waals surface area contributed by atoms with Crippen LogP contribution in [0, 0.1) is 11.5 Å². The zero-order chi connectivity index (χ0) is 13.8. The SMILES string of the molecule is N#CN(C(N)=O)C(=O)CCc1c[nH]c2ccccc12. The number of aromatic amines is 1. The Labute approximate surface area is 109 Å². The van der Waals surface area contributed by atoms with Crippen molar-refractivity contribution in [2.45, 2.75) is 12.8 Å². The number of urea groups is 1. The lowest BCUT2D eigenvalue weighted by atomic mass is 10.1. The monoisotopic (exact) mass is 256 g/mol. The van der Waals surface area contributed by atoms with Gasteiger partial charge in [0.15, 0.2) is 6.19 Å². The van der Waals surface area contributed by atoms with Gasteiger partial charge in [-0.2, -0.15) is 10.2 Å². The van der Waals surface area contributed by atoms with E-state index in [1.807, 2.05) is 30.5 Å². The van der Waals surface area contributed by atoms with Gasteiger partial charge in [0.05, 0.1) is 0 Å². The van der Waals surface area contributed by atoms with Gasteiger partial charge in [-0.15, -0.1) is 0 Å². The quantitative estimate of drug-likeness (QED) is 0.642. The number of nitriles is 1. The van der Waals surface area contributed by atoms with Crippen LogP contribution in [0.1, 0.15) is 12.0 Å². The molecule has 1 aromatic heterocycles. The Morgan fingerprint density at radius 1 is 1.37 bits per heavy atom. The summed E-state index contributed by atoms with van der Waals surface area (Å²) < 4.78 is 0. The summed E-state index contributed by atoms with van der Waals surface area (Å²) >= 11 is 0. The van der Waals surface area contributed by atoms with E-state index in [9.17, 15) is 9.59 Å². The van der Waals surface area contributed by atoms with Gasteiger partial charge < -0.3 is 10.7 Å². The fraction of sp³-hybridized carbons (Fsp3) is 0.154. The van der Waals surface area contributed by atoms with Crippen LogP contribution in [0.5, 0.6) is 0 Å². The number of hydrogen-bond donors (Lipinski definition) is 2. The Kier molecular flexibility index (Phi) is 3.48. The fourth-order valence-corrected chi connectivity index (χ4v) is 1.92. The van der Waals surface area contributed by atoms with Gasteiger partial charge in [0.1, 0.15) is 0 Å². The van der Waals surface area contributed by atoms with Crippen molar-refractivity contribution >= 4 is 22.8 Å². The second kappa shape index (κ2) is 5.23. The zero-order valence-electron chi connectivity index (χ0n) is 10.1. The predicted molar refractivity (Wildman–Crippen MR) is 68.7 cm³/mol. The van der Waals surface area contributed by atoms with E-state index in [2.05, 4.69) is 4.98 Å². The minimum absolute atomic E-state index is 0.0539. The molecule has 1 aromatic carbocycles. The molecule has 96 valence electrons. The molecular formula is C13H12N4O2. The lowest BCUT2D eigenvalue weighted by molar-refractivity contribution is -0.125. The maximum atomic E-state index is 11.6. The molecule has 0 saturated carbocycles. The highest BCUT2D eigenvalue weighted by Crippen LogP contribution is 2.19. The summed E-state index contributed by atoms with van der Waals surface area (Å²) in [7, 11) is 0. The molecule has 3 amide bonds. The average molecular weight is 256 g/mol. The first-order valence-corrected chi connectivity index (χ1v) is 5.70. The average Bonchev–Trinajstić information content (AvgIpc) is 2.80. The van der Waals surface area contributed by atoms with Crippen LogP contribution < -0.4 is 5.73 Å². The number of para-hydroxylation sites is 1. The molecule has 2 rings (SSSR count). The van der Waals surface area contributed by atoms with E-state index in [1.54, 1.807) is 0 Å². The number of nitrogens with two attached hydrogens (primary N) is 1. The predicted octanol–water partition coefficient (Wildman–Crippen LogP) is 1.49. The Bertz CT molecular complexity index is 669. The highest BCUT2D eigenvalue weighted by atomic mass is 16.2. The molecule has 0 bridgehead atoms. The van der Waals surface area contributed by atoms with Crippen molar-refractivity contribution in [3.8, 4) is 6.19 Å². The number of fused-ring (bicyclic) bond motifs is 1. The Hall–Kier alpha value is -2.81. The Morgan fingerprint density at radius 3 is 2.79 bits per heavy atom. The molecule has 2 aromatic rings. The number of imide groups is 1. The number of carbonyl (C=O) groups excluding carboxylic acids is 2. The van der Waals surface area contributed by atoms with E-state index in [1.165, 1.54) is 6.19 Å². The number of primary amides is 1. The number of benzene rings is 1. The molecule has 3 N–H and O–H groups in total. The minimum Gasteiger partial charge on any atom is -0.361 e. The van der Waals surface area contributed by atoms with E-state index >= 15 is 0 Å². The summed E-state index contributed by atoms with van der Waals surface area (Å²) in [4.78, 5) is 25.9. The van der Waals surface area contributed by atoms with Gasteiger partial charge in [-0.1, -0.05) is 18.2 Å². The third-order valence-corrected chi connectivity index (χ3v) is 2.85. The summed E-state index contributed by atoms with van der Waals surface area (Å²) in [5.41, 5.74) is 6.87. The second-order valence-electron chi connectivity index (χ2n) is 4.03. The van der Waals surface area contributed by atoms with Crippen LogP contribution in [0.3, 0.4) is 0 Å². The Morgan fingerprint density at radius 2 is 2.11 bits per heavy atom. The molecule has 0 aliphatic carbocycles. The zero-order valence-corrected chi connectivity index (χ0v) is 10.1. The van der Waals surface area contributed by atoms with Crippen molar-refractivity contribution in [2.24, 2.45) is 5.73 Å². The smallest absolute Gasteiger partial charge is 0.335 e. The first-order chi connectivity index (χ1) is 9.13. The molecule has 19 heavy (non-hydrogen) atoms. The summed E-state index contributed by atoms with van der Waals surface area (Å²) in [6.07, 6.45) is 3.78. The van der Waals surface area contributed by atoms with Gasteiger partial charge in [-0.25, -0.2) is 4.79 Å². The van der Waals surface area contributed by atoms with Gasteiger partial charge in [-0.3, -0.25) is 4.79 Å². The molecule has 0 aliphatic rings. The number of nitrogens with one attached hydrogen (secondary N) is 1. The van der Waals surface area contributed by atoms with E-state index < -0.39 is 11.9 Å². The number of hydrogen-bond acceptors (Lipinski definition) is 3. The van der Waals surface area contributed by atoms with Gasteiger partial charge in [0.25, 0.3) is 0 Å². The molecule has 0 aliphatic heterocycles. The highest BCUT2D eigenvalue weighted by Gasteiger charge is 2.18. The molecular weight excluding hydrogens is 244 g/mol. The number of aromatic nitrogens is 1. The molecule has 0 spiro atoms. The maximum Gasteiger partial charge on any atom is 0.335 e. The van der Waals surface area contributed by atoms with E-state index in [0.29, 0.717) is 11.3 Å². The standard InChI is InChI=1S/C13H12N4O2/c14-8-17(13(15)19)12(18)6-5-9-7-16-11-4-2-1-3-10(9)11/h1-4,7,16H,5-6H2,(H2,15,19). The largest absolute Gasteiger partial charge is 0.361 e. The van der Waals surface area contributed by atoms with E-state index in [0.717, 1.165) is 16.5 Å². The summed E-state index contributed by atoms with van der Waals surface area (Å²) in [5.74, 6) is -0.597. The van der Waals surface area contributed by atoms with Crippen LogP contribution in [0.4, 0.5) is 4.79 Å². The van der Waals surface area contributed by atoms with Crippen LogP contribution in [-0.4, -0.2) is 21.8 Å². The van der Waals surface area contributed by atoms with Crippen LogP contribution in [0.2, 0.25) is 0 Å². The van der Waals surface area contributed by atoms with Gasteiger partial charge >= 0.3 is 6.03 Å². The molecule has 6 nitrogen and oxygen atoms in total. The third-order valence-electron chi connectivity index (χ3n) is 2.85. The highest BCUT2D eigenvalue weighted by molar-refractivity contribution is 5.95. The van der Waals surface area contributed by atoms with Gasteiger partial charge in [-0.05, 0) is 18.1 Å². The van der Waals surface area contributed by atoms with Crippen molar-refractivity contribution in [3.05, 3.63) is 36.0 Å². The Balaban J connectivity index is 2.09. The van der Waals surface area contributed by atoms with Crippen molar-refractivity contribution in [1.29, 1.82) is 5.26 Å². The van der Waals surface area contributed by atoms with Crippen molar-refractivity contribution in [3.63, 3.8) is 0 Å². The number of nitrogens with zero attached hydrogens (tertiary/aromatic N) is 2. The van der Waals surface area contributed by atoms with Crippen molar-refractivity contribution < 1.29 is 9.59 Å². The topological polar surface area (TPSA) is 103 Å². The van der Waals surface area contributed by atoms with Gasteiger partial charge in [0.2, 0.25) is 5.91 Å².